The van der Waals surface area contributed by atoms with Crippen LogP contribution in [-0.2, 0) is 6.18 Å². The first-order chi connectivity index (χ1) is 12.8. The second-order valence-electron chi connectivity index (χ2n) is 5.91. The molecule has 0 fully saturated rings. The van der Waals surface area contributed by atoms with Crippen LogP contribution in [-0.4, -0.2) is 15.7 Å². The summed E-state index contributed by atoms with van der Waals surface area (Å²) in [7, 11) is 0. The number of alkyl halides is 3. The molecule has 0 spiro atoms. The van der Waals surface area contributed by atoms with Crippen LogP contribution in [0.2, 0.25) is 0 Å². The highest BCUT2D eigenvalue weighted by Gasteiger charge is 2.31. The maximum absolute atomic E-state index is 12.9. The van der Waals surface area contributed by atoms with E-state index in [0.717, 1.165) is 17.8 Å². The molecule has 1 aromatic heterocycles. The molecule has 0 aliphatic rings. The van der Waals surface area contributed by atoms with Crippen LogP contribution in [0.3, 0.4) is 0 Å². The fourth-order valence-corrected chi connectivity index (χ4v) is 3.16. The van der Waals surface area contributed by atoms with Crippen molar-refractivity contribution in [2.45, 2.75) is 19.1 Å². The quantitative estimate of drug-likeness (QED) is 0.613. The maximum atomic E-state index is 12.9. The number of benzene rings is 2. The van der Waals surface area contributed by atoms with Crippen molar-refractivity contribution in [3.8, 4) is 5.69 Å². The van der Waals surface area contributed by atoms with E-state index in [1.54, 1.807) is 17.7 Å². The summed E-state index contributed by atoms with van der Waals surface area (Å²) >= 11 is 3.36. The van der Waals surface area contributed by atoms with Crippen molar-refractivity contribution >= 4 is 21.8 Å². The summed E-state index contributed by atoms with van der Waals surface area (Å²) in [6, 6.07) is 13.5. The van der Waals surface area contributed by atoms with E-state index in [2.05, 4.69) is 26.3 Å². The minimum absolute atomic E-state index is 0.290. The molecule has 3 aromatic rings. The van der Waals surface area contributed by atoms with Crippen molar-refractivity contribution in [1.29, 1.82) is 0 Å². The molecular formula is C19H15BrF3N3O. The van der Waals surface area contributed by atoms with Crippen LogP contribution in [0.25, 0.3) is 5.69 Å². The molecule has 0 radical (unpaired) electrons. The Morgan fingerprint density at radius 1 is 1.15 bits per heavy atom. The van der Waals surface area contributed by atoms with Crippen LogP contribution in [0.15, 0.2) is 65.4 Å². The van der Waals surface area contributed by atoms with Crippen LogP contribution >= 0.6 is 15.9 Å². The third-order valence-corrected chi connectivity index (χ3v) is 4.78. The normalized spacial score (nSPS) is 12.6. The van der Waals surface area contributed by atoms with Crippen LogP contribution < -0.4 is 5.32 Å². The zero-order valence-corrected chi connectivity index (χ0v) is 15.8. The van der Waals surface area contributed by atoms with Crippen molar-refractivity contribution in [3.05, 3.63) is 82.1 Å². The molecule has 1 N–H and O–H groups in total. The number of para-hydroxylation sites is 1. The summed E-state index contributed by atoms with van der Waals surface area (Å²) < 4.78 is 40.6. The third-order valence-electron chi connectivity index (χ3n) is 4.02. The average Bonchev–Trinajstić information content (AvgIpc) is 3.03. The van der Waals surface area contributed by atoms with E-state index in [1.807, 2.05) is 30.3 Å². The summed E-state index contributed by atoms with van der Waals surface area (Å²) in [6.45, 7) is 1.63. The van der Waals surface area contributed by atoms with Crippen molar-refractivity contribution in [2.75, 3.05) is 0 Å². The van der Waals surface area contributed by atoms with Crippen molar-refractivity contribution in [1.82, 2.24) is 15.1 Å². The van der Waals surface area contributed by atoms with Gasteiger partial charge in [-0.2, -0.15) is 18.3 Å². The van der Waals surface area contributed by atoms with E-state index < -0.39 is 23.7 Å². The number of hydrogen-bond acceptors (Lipinski definition) is 2. The highest BCUT2D eigenvalue weighted by Crippen LogP contribution is 2.31. The largest absolute Gasteiger partial charge is 0.416 e. The van der Waals surface area contributed by atoms with E-state index in [-0.39, 0.29) is 5.56 Å². The van der Waals surface area contributed by atoms with Gasteiger partial charge in [0.25, 0.3) is 5.91 Å². The molecule has 0 saturated carbocycles. The fourth-order valence-electron chi connectivity index (χ4n) is 2.58. The molecule has 0 aliphatic heterocycles. The van der Waals surface area contributed by atoms with Crippen molar-refractivity contribution < 1.29 is 18.0 Å². The van der Waals surface area contributed by atoms with E-state index >= 15 is 0 Å². The van der Waals surface area contributed by atoms with Gasteiger partial charge in [-0.25, -0.2) is 4.68 Å². The van der Waals surface area contributed by atoms with Gasteiger partial charge in [0, 0.05) is 0 Å². The van der Waals surface area contributed by atoms with Gasteiger partial charge in [0.15, 0.2) is 0 Å². The molecule has 1 unspecified atom stereocenters. The van der Waals surface area contributed by atoms with Gasteiger partial charge in [0.05, 0.1) is 29.1 Å². The molecule has 2 aromatic carbocycles. The Labute approximate surface area is 162 Å². The molecule has 4 nitrogen and oxygen atoms in total. The molecule has 0 aliphatic carbocycles. The Morgan fingerprint density at radius 3 is 2.52 bits per heavy atom. The van der Waals surface area contributed by atoms with Gasteiger partial charge >= 0.3 is 6.18 Å². The Bertz CT molecular complexity index is 954. The molecular weight excluding hydrogens is 423 g/mol. The molecule has 0 saturated heterocycles. The second kappa shape index (κ2) is 7.56. The highest BCUT2D eigenvalue weighted by molar-refractivity contribution is 9.10. The predicted molar refractivity (Wildman–Crippen MR) is 98.6 cm³/mol. The van der Waals surface area contributed by atoms with Gasteiger partial charge in [0.2, 0.25) is 0 Å². The smallest absolute Gasteiger partial charge is 0.345 e. The van der Waals surface area contributed by atoms with Crippen molar-refractivity contribution in [3.63, 3.8) is 0 Å². The lowest BCUT2D eigenvalue weighted by Gasteiger charge is -2.16. The number of halogens is 4. The number of nitrogens with zero attached hydrogens (tertiary/aromatic N) is 2. The maximum Gasteiger partial charge on any atom is 0.416 e. The lowest BCUT2D eigenvalue weighted by molar-refractivity contribution is -0.137. The van der Waals surface area contributed by atoms with E-state index in [9.17, 15) is 18.0 Å². The average molecular weight is 438 g/mol. The van der Waals surface area contributed by atoms with Crippen LogP contribution in [0, 0.1) is 0 Å². The molecule has 1 atom stereocenters. The summed E-state index contributed by atoms with van der Waals surface area (Å²) in [5.74, 6) is -0.436. The first-order valence-corrected chi connectivity index (χ1v) is 8.83. The minimum atomic E-state index is -4.43. The fraction of sp³-hybridized carbons (Fsp3) is 0.158. The third kappa shape index (κ3) is 4.21. The Morgan fingerprint density at radius 2 is 1.85 bits per heavy atom. The summed E-state index contributed by atoms with van der Waals surface area (Å²) in [5, 5.41) is 6.90. The second-order valence-corrected chi connectivity index (χ2v) is 6.67. The Hall–Kier alpha value is -2.61. The molecule has 0 bridgehead atoms. The van der Waals surface area contributed by atoms with Crippen LogP contribution in [0.5, 0.6) is 0 Å². The minimum Gasteiger partial charge on any atom is -0.345 e. The molecule has 140 valence electrons. The van der Waals surface area contributed by atoms with Crippen LogP contribution in [0.4, 0.5) is 13.2 Å². The number of carbonyl (C=O) groups is 1. The lowest BCUT2D eigenvalue weighted by Crippen LogP contribution is -2.27. The van der Waals surface area contributed by atoms with Gasteiger partial charge in [0.1, 0.15) is 4.60 Å². The van der Waals surface area contributed by atoms with E-state index in [0.29, 0.717) is 10.2 Å². The first-order valence-electron chi connectivity index (χ1n) is 8.04. The predicted octanol–water partition coefficient (Wildman–Crippen LogP) is 5.14. The highest BCUT2D eigenvalue weighted by atomic mass is 79.9. The summed E-state index contributed by atoms with van der Waals surface area (Å²) in [4.78, 5) is 12.6. The van der Waals surface area contributed by atoms with Gasteiger partial charge in [-0.3, -0.25) is 4.79 Å². The molecule has 27 heavy (non-hydrogen) atoms. The topological polar surface area (TPSA) is 46.9 Å². The Balaban J connectivity index is 1.79. The Kier molecular flexibility index (Phi) is 5.36. The number of aromatic nitrogens is 2. The zero-order chi connectivity index (χ0) is 19.6. The van der Waals surface area contributed by atoms with Crippen molar-refractivity contribution in [2.24, 2.45) is 0 Å². The van der Waals surface area contributed by atoms with E-state index in [4.69, 9.17) is 0 Å². The van der Waals surface area contributed by atoms with Gasteiger partial charge < -0.3 is 5.32 Å². The van der Waals surface area contributed by atoms with Gasteiger partial charge in [-0.1, -0.05) is 30.3 Å². The monoisotopic (exact) mass is 437 g/mol. The molecule has 1 amide bonds. The molecule has 8 heteroatoms. The molecule has 3 rings (SSSR count). The SMILES string of the molecule is CC(NC(=O)c1cnn(-c2ccccc2)c1Br)c1cccc(C(F)(F)F)c1. The number of carbonyl (C=O) groups excluding carboxylic acids is 1. The lowest BCUT2D eigenvalue weighted by atomic mass is 10.0. The molecule has 1 heterocycles. The number of amides is 1. The zero-order valence-electron chi connectivity index (χ0n) is 14.2. The number of hydrogen-bond donors (Lipinski definition) is 1. The first kappa shape index (κ1) is 19.2. The van der Waals surface area contributed by atoms with Gasteiger partial charge in [-0.05, 0) is 52.7 Å². The van der Waals surface area contributed by atoms with Crippen LogP contribution in [0.1, 0.15) is 34.5 Å². The number of nitrogens with one attached hydrogen (secondary N) is 1. The van der Waals surface area contributed by atoms with Gasteiger partial charge in [-0.15, -0.1) is 0 Å². The summed E-state index contributed by atoms with van der Waals surface area (Å²) in [6.07, 6.45) is -3.02. The standard InChI is InChI=1S/C19H15BrF3N3O/c1-12(13-6-5-7-14(10-13)19(21,22)23)25-18(27)16-11-24-26(17(16)20)15-8-3-2-4-9-15/h2-12H,1H3,(H,25,27). The van der Waals surface area contributed by atoms with E-state index in [1.165, 1.54) is 12.3 Å². The number of rotatable bonds is 4. The summed E-state index contributed by atoms with van der Waals surface area (Å²) in [5.41, 5.74) is 0.677.